The molecule has 1 aromatic carbocycles. The highest BCUT2D eigenvalue weighted by Gasteiger charge is 2.50. The maximum Gasteiger partial charge on any atom is 0.275 e. The van der Waals surface area contributed by atoms with Gasteiger partial charge in [-0.3, -0.25) is 14.9 Å². The minimum Gasteiger partial charge on any atom is -0.381 e. The van der Waals surface area contributed by atoms with Gasteiger partial charge in [0.05, 0.1) is 28.4 Å². The fraction of sp³-hybridized carbons (Fsp3) is 0.476. The molecule has 4 rings (SSSR count). The summed E-state index contributed by atoms with van der Waals surface area (Å²) in [5.74, 6) is -0.572. The van der Waals surface area contributed by atoms with E-state index in [9.17, 15) is 14.9 Å². The molecule has 1 atom stereocenters. The van der Waals surface area contributed by atoms with E-state index in [0.717, 1.165) is 12.8 Å². The third-order valence-corrected chi connectivity index (χ3v) is 6.43. The second-order valence-corrected chi connectivity index (χ2v) is 9.00. The molecule has 1 amide bonds. The van der Waals surface area contributed by atoms with Crippen LogP contribution in [0.25, 0.3) is 0 Å². The summed E-state index contributed by atoms with van der Waals surface area (Å²) in [6.07, 6.45) is 4.72. The van der Waals surface area contributed by atoms with Crippen molar-refractivity contribution in [1.29, 1.82) is 5.26 Å². The molecule has 0 radical (unpaired) electrons. The van der Waals surface area contributed by atoms with Crippen molar-refractivity contribution in [3.8, 4) is 6.07 Å². The van der Waals surface area contributed by atoms with Gasteiger partial charge in [0.15, 0.2) is 17.6 Å². The van der Waals surface area contributed by atoms with Crippen LogP contribution in [0.15, 0.2) is 24.4 Å². The topological polar surface area (TPSA) is 122 Å². The van der Waals surface area contributed by atoms with E-state index in [2.05, 4.69) is 26.9 Å². The number of nitrogens with zero attached hydrogens (tertiary/aromatic N) is 4. The highest BCUT2D eigenvalue weighted by atomic mass is 35.5. The average molecular weight is 477 g/mol. The van der Waals surface area contributed by atoms with E-state index in [-0.39, 0.29) is 18.2 Å². The van der Waals surface area contributed by atoms with Gasteiger partial charge in [-0.2, -0.15) is 15.2 Å². The minimum atomic E-state index is -1.54. The van der Waals surface area contributed by atoms with Gasteiger partial charge in [-0.05, 0) is 43.4 Å². The standard InChI is InChI=1S/C21H22Cl2N6O3/c22-16-2-1-14(9-17(16)23)10-21(13-30,28-20(12-24)5-6-20)26-19(31)18-11-25-29(27-18)15-3-7-32-8-4-15/h1-2,9,11,13,15,28H,3-8,10H2,(H,26,31)/t21-/m1/s1. The molecule has 2 aliphatic rings. The number of benzene rings is 1. The number of nitriles is 1. The summed E-state index contributed by atoms with van der Waals surface area (Å²) in [6.45, 7) is 1.23. The lowest BCUT2D eigenvalue weighted by Crippen LogP contribution is -2.65. The highest BCUT2D eigenvalue weighted by Crippen LogP contribution is 2.36. The summed E-state index contributed by atoms with van der Waals surface area (Å²) in [7, 11) is 0. The molecule has 0 unspecified atom stereocenters. The van der Waals surface area contributed by atoms with Gasteiger partial charge in [0.1, 0.15) is 5.54 Å². The summed E-state index contributed by atoms with van der Waals surface area (Å²) >= 11 is 12.1. The molecular formula is C21H22Cl2N6O3. The zero-order valence-corrected chi connectivity index (χ0v) is 18.7. The van der Waals surface area contributed by atoms with Crippen LogP contribution in [0.2, 0.25) is 10.0 Å². The zero-order chi connectivity index (χ0) is 22.8. The average Bonchev–Trinajstić information content (AvgIpc) is 3.38. The smallest absolute Gasteiger partial charge is 0.275 e. The van der Waals surface area contributed by atoms with Gasteiger partial charge in [0.2, 0.25) is 0 Å². The van der Waals surface area contributed by atoms with Crippen molar-refractivity contribution in [3.05, 3.63) is 45.7 Å². The molecule has 1 aliphatic carbocycles. The van der Waals surface area contributed by atoms with Crippen LogP contribution in [-0.4, -0.2) is 51.6 Å². The van der Waals surface area contributed by atoms with Crippen molar-refractivity contribution in [2.75, 3.05) is 13.2 Å². The van der Waals surface area contributed by atoms with Crippen molar-refractivity contribution < 1.29 is 14.3 Å². The molecule has 2 N–H and O–H groups in total. The molecule has 1 saturated heterocycles. The Kier molecular flexibility index (Phi) is 6.49. The molecular weight excluding hydrogens is 455 g/mol. The lowest BCUT2D eigenvalue weighted by Gasteiger charge is -2.32. The molecule has 2 fully saturated rings. The van der Waals surface area contributed by atoms with Crippen LogP contribution >= 0.6 is 23.2 Å². The molecule has 2 aromatic rings. The van der Waals surface area contributed by atoms with Crippen LogP contribution in [0, 0.1) is 11.3 Å². The van der Waals surface area contributed by atoms with Crippen LogP contribution in [0.3, 0.4) is 0 Å². The number of ether oxygens (including phenoxy) is 1. The fourth-order valence-electron chi connectivity index (χ4n) is 3.75. The third-order valence-electron chi connectivity index (χ3n) is 5.69. The lowest BCUT2D eigenvalue weighted by molar-refractivity contribution is -0.114. The SMILES string of the molecule is N#CC1(N[C@@](C=O)(Cc2ccc(Cl)c(Cl)c2)NC(=O)c2cnn(C3CCOCC3)n2)CC1. The van der Waals surface area contributed by atoms with E-state index in [1.54, 1.807) is 18.2 Å². The Balaban J connectivity index is 1.57. The number of hydrogen-bond acceptors (Lipinski definition) is 7. The Hall–Kier alpha value is -2.51. The number of aromatic nitrogens is 3. The van der Waals surface area contributed by atoms with Crippen molar-refractivity contribution >= 4 is 35.4 Å². The van der Waals surface area contributed by atoms with Gasteiger partial charge >= 0.3 is 0 Å². The molecule has 32 heavy (non-hydrogen) atoms. The van der Waals surface area contributed by atoms with E-state index in [1.807, 2.05) is 0 Å². The van der Waals surface area contributed by atoms with Gasteiger partial charge in [-0.15, -0.1) is 5.10 Å². The minimum absolute atomic E-state index is 0.0591. The quantitative estimate of drug-likeness (QED) is 0.443. The second-order valence-electron chi connectivity index (χ2n) is 8.18. The molecule has 168 valence electrons. The number of carbonyl (C=O) groups is 2. The predicted molar refractivity (Wildman–Crippen MR) is 116 cm³/mol. The molecule has 1 aliphatic heterocycles. The van der Waals surface area contributed by atoms with Gasteiger partial charge in [0.25, 0.3) is 5.91 Å². The first-order chi connectivity index (χ1) is 15.4. The summed E-state index contributed by atoms with van der Waals surface area (Å²) < 4.78 is 5.35. The van der Waals surface area contributed by atoms with Crippen LogP contribution in [0.1, 0.15) is 47.8 Å². The number of nitrogens with one attached hydrogen (secondary N) is 2. The lowest BCUT2D eigenvalue weighted by atomic mass is 9.98. The first kappa shape index (κ1) is 22.7. The fourth-order valence-corrected chi connectivity index (χ4v) is 4.07. The number of aldehydes is 1. The van der Waals surface area contributed by atoms with E-state index in [4.69, 9.17) is 27.9 Å². The van der Waals surface area contributed by atoms with Crippen LogP contribution in [0.4, 0.5) is 0 Å². The molecule has 2 heterocycles. The van der Waals surface area contributed by atoms with Crippen molar-refractivity contribution in [3.63, 3.8) is 0 Å². The van der Waals surface area contributed by atoms with Crippen LogP contribution in [0.5, 0.6) is 0 Å². The Bertz CT molecular complexity index is 1060. The van der Waals surface area contributed by atoms with Crippen molar-refractivity contribution in [2.45, 2.75) is 49.3 Å². The number of hydrogen-bond donors (Lipinski definition) is 2. The van der Waals surface area contributed by atoms with Gasteiger partial charge in [0, 0.05) is 19.6 Å². The highest BCUT2D eigenvalue weighted by molar-refractivity contribution is 6.42. The summed E-state index contributed by atoms with van der Waals surface area (Å²) in [5, 5.41) is 24.6. The van der Waals surface area contributed by atoms with E-state index < -0.39 is 17.1 Å². The molecule has 9 nitrogen and oxygen atoms in total. The van der Waals surface area contributed by atoms with Gasteiger partial charge < -0.3 is 10.1 Å². The number of rotatable bonds is 8. The van der Waals surface area contributed by atoms with Gasteiger partial charge in [-0.25, -0.2) is 0 Å². The van der Waals surface area contributed by atoms with Crippen molar-refractivity contribution in [2.24, 2.45) is 0 Å². The monoisotopic (exact) mass is 476 g/mol. The summed E-state index contributed by atoms with van der Waals surface area (Å²) in [6, 6.07) is 7.22. The Morgan fingerprint density at radius 1 is 1.34 bits per heavy atom. The maximum absolute atomic E-state index is 13.0. The number of amides is 1. The second kappa shape index (κ2) is 9.16. The van der Waals surface area contributed by atoms with E-state index >= 15 is 0 Å². The molecule has 0 spiro atoms. The number of halogens is 2. The predicted octanol–water partition coefficient (Wildman–Crippen LogP) is 2.45. The first-order valence-corrected chi connectivity index (χ1v) is 11.1. The normalized spacial score (nSPS) is 19.5. The Labute approximate surface area is 195 Å². The maximum atomic E-state index is 13.0. The number of carbonyl (C=O) groups excluding carboxylic acids is 2. The molecule has 1 aromatic heterocycles. The summed E-state index contributed by atoms with van der Waals surface area (Å²) in [4.78, 5) is 26.9. The molecule has 0 bridgehead atoms. The van der Waals surface area contributed by atoms with Crippen molar-refractivity contribution in [1.82, 2.24) is 25.6 Å². The van der Waals surface area contributed by atoms with E-state index in [0.29, 0.717) is 48.0 Å². The van der Waals surface area contributed by atoms with E-state index in [1.165, 1.54) is 11.0 Å². The van der Waals surface area contributed by atoms with Gasteiger partial charge in [-0.1, -0.05) is 29.3 Å². The Morgan fingerprint density at radius 2 is 2.09 bits per heavy atom. The molecule has 11 heteroatoms. The zero-order valence-electron chi connectivity index (χ0n) is 17.2. The summed E-state index contributed by atoms with van der Waals surface area (Å²) in [5.41, 5.74) is -1.66. The Morgan fingerprint density at radius 3 is 2.72 bits per heavy atom. The molecule has 1 saturated carbocycles. The largest absolute Gasteiger partial charge is 0.381 e. The van der Waals surface area contributed by atoms with Crippen LogP contribution < -0.4 is 10.6 Å². The first-order valence-electron chi connectivity index (χ1n) is 10.3. The van der Waals surface area contributed by atoms with Crippen LogP contribution in [-0.2, 0) is 16.0 Å². The third kappa shape index (κ3) is 4.94.